The van der Waals surface area contributed by atoms with E-state index in [2.05, 4.69) is 10.6 Å². The fourth-order valence-electron chi connectivity index (χ4n) is 2.90. The van der Waals surface area contributed by atoms with Gasteiger partial charge in [-0.1, -0.05) is 6.92 Å². The Morgan fingerprint density at radius 2 is 2.25 bits per heavy atom. The minimum absolute atomic E-state index is 0.211. The van der Waals surface area contributed by atoms with Crippen LogP contribution < -0.4 is 10.6 Å². The molecule has 7 heteroatoms. The molecule has 3 nitrogen and oxygen atoms in total. The van der Waals surface area contributed by atoms with E-state index in [1.807, 2.05) is 6.92 Å². The summed E-state index contributed by atoms with van der Waals surface area (Å²) in [6.45, 7) is 3.96. The molecule has 1 amide bonds. The molecule has 2 unspecified atom stereocenters. The van der Waals surface area contributed by atoms with Gasteiger partial charge in [0, 0.05) is 11.3 Å². The van der Waals surface area contributed by atoms with E-state index in [1.165, 1.54) is 18.2 Å². The van der Waals surface area contributed by atoms with Crippen molar-refractivity contribution in [3.63, 3.8) is 0 Å². The van der Waals surface area contributed by atoms with Crippen molar-refractivity contribution in [3.8, 4) is 0 Å². The van der Waals surface area contributed by atoms with Gasteiger partial charge in [-0.25, -0.2) is 13.2 Å². The molecule has 1 aliphatic rings. The molecule has 1 aromatic rings. The molecule has 2 rings (SSSR count). The smallest absolute Gasteiger partial charge is 0.247 e. The molecule has 2 atom stereocenters. The van der Waals surface area contributed by atoms with Crippen molar-refractivity contribution in [2.75, 3.05) is 24.2 Å². The number of carbonyl (C=O) groups excluding carboxylic acids is 1. The Morgan fingerprint density at radius 1 is 1.46 bits per heavy atom. The summed E-state index contributed by atoms with van der Waals surface area (Å²) >= 11 is 0.911. The second-order valence-electron chi connectivity index (χ2n) is 6.18. The van der Waals surface area contributed by atoms with Gasteiger partial charge in [0.15, 0.2) is 0 Å². The van der Waals surface area contributed by atoms with E-state index in [-0.39, 0.29) is 17.5 Å². The number of halogens is 3. The molecular formula is C17H23F3N2OS. The number of anilines is 1. The van der Waals surface area contributed by atoms with Crippen LogP contribution in [0.15, 0.2) is 23.1 Å². The first-order chi connectivity index (χ1) is 11.5. The minimum atomic E-state index is -2.46. The normalized spacial score (nSPS) is 19.3. The second kappa shape index (κ2) is 9.32. The largest absolute Gasteiger partial charge is 0.325 e. The van der Waals surface area contributed by atoms with E-state index in [0.717, 1.165) is 37.7 Å². The first-order valence-corrected chi connectivity index (χ1v) is 9.15. The molecule has 1 aliphatic heterocycles. The van der Waals surface area contributed by atoms with Crippen molar-refractivity contribution in [2.45, 2.75) is 37.5 Å². The third kappa shape index (κ3) is 6.02. The van der Waals surface area contributed by atoms with Crippen LogP contribution in [0, 0.1) is 17.7 Å². The molecule has 0 bridgehead atoms. The monoisotopic (exact) mass is 360 g/mol. The van der Waals surface area contributed by atoms with Crippen LogP contribution in [-0.2, 0) is 4.79 Å². The van der Waals surface area contributed by atoms with Crippen molar-refractivity contribution in [3.05, 3.63) is 24.0 Å². The Bertz CT molecular complexity index is 551. The van der Waals surface area contributed by atoms with E-state index in [1.54, 1.807) is 0 Å². The number of amides is 1. The molecule has 24 heavy (non-hydrogen) atoms. The van der Waals surface area contributed by atoms with Crippen molar-refractivity contribution < 1.29 is 18.0 Å². The molecule has 0 aliphatic carbocycles. The zero-order chi connectivity index (χ0) is 17.5. The summed E-state index contributed by atoms with van der Waals surface area (Å²) in [6, 6.07) is 3.81. The molecule has 0 spiro atoms. The summed E-state index contributed by atoms with van der Waals surface area (Å²) in [6.07, 6.45) is 0.0793. The molecule has 1 saturated heterocycles. The number of hydrogen-bond donors (Lipinski definition) is 2. The third-order valence-electron chi connectivity index (χ3n) is 4.23. The predicted octanol–water partition coefficient (Wildman–Crippen LogP) is 4.15. The van der Waals surface area contributed by atoms with Crippen LogP contribution in [-0.4, -0.2) is 31.2 Å². The molecule has 0 radical (unpaired) electrons. The zero-order valence-corrected chi connectivity index (χ0v) is 14.5. The lowest BCUT2D eigenvalue weighted by Crippen LogP contribution is -2.34. The first-order valence-electron chi connectivity index (χ1n) is 8.16. The molecule has 0 saturated carbocycles. The van der Waals surface area contributed by atoms with Gasteiger partial charge in [0.25, 0.3) is 0 Å². The van der Waals surface area contributed by atoms with Gasteiger partial charge in [-0.15, -0.1) is 11.8 Å². The topological polar surface area (TPSA) is 41.1 Å². The fraction of sp³-hybridized carbons (Fsp3) is 0.588. The number of alkyl halides is 2. The average Bonchev–Trinajstić information content (AvgIpc) is 2.54. The standard InChI is InChI=1S/C17H23F3N2OS/c1-11(12-3-2-6-21-9-12)7-17(23)22-14-8-13(18)4-5-15(14)24-10-16(19)20/h4-5,8,11-12,16,21H,2-3,6-7,9-10H2,1H3,(H,22,23). The highest BCUT2D eigenvalue weighted by Gasteiger charge is 2.22. The molecule has 0 aromatic heterocycles. The summed E-state index contributed by atoms with van der Waals surface area (Å²) in [4.78, 5) is 12.7. The molecular weight excluding hydrogens is 337 g/mol. The molecule has 1 heterocycles. The maximum Gasteiger partial charge on any atom is 0.247 e. The first kappa shape index (κ1) is 19.1. The quantitative estimate of drug-likeness (QED) is 0.718. The average molecular weight is 360 g/mol. The van der Waals surface area contributed by atoms with Crippen LogP contribution >= 0.6 is 11.8 Å². The zero-order valence-electron chi connectivity index (χ0n) is 13.7. The predicted molar refractivity (Wildman–Crippen MR) is 91.1 cm³/mol. The van der Waals surface area contributed by atoms with Crippen LogP contribution in [0.2, 0.25) is 0 Å². The highest BCUT2D eigenvalue weighted by Crippen LogP contribution is 2.30. The summed E-state index contributed by atoms with van der Waals surface area (Å²) in [7, 11) is 0. The van der Waals surface area contributed by atoms with Crippen LogP contribution in [0.5, 0.6) is 0 Å². The maximum atomic E-state index is 13.4. The number of thioether (sulfide) groups is 1. The molecule has 134 valence electrons. The van der Waals surface area contributed by atoms with E-state index >= 15 is 0 Å². The van der Waals surface area contributed by atoms with Gasteiger partial charge < -0.3 is 10.6 Å². The minimum Gasteiger partial charge on any atom is -0.325 e. The van der Waals surface area contributed by atoms with Crippen LogP contribution in [0.25, 0.3) is 0 Å². The Labute approximate surface area is 144 Å². The lowest BCUT2D eigenvalue weighted by molar-refractivity contribution is -0.117. The molecule has 1 aromatic carbocycles. The Kier molecular flexibility index (Phi) is 7.42. The number of carbonyl (C=O) groups is 1. The Balaban J connectivity index is 1.95. The van der Waals surface area contributed by atoms with E-state index in [0.29, 0.717) is 17.2 Å². The van der Waals surface area contributed by atoms with Gasteiger partial charge in [0.05, 0.1) is 11.4 Å². The number of hydrogen-bond acceptors (Lipinski definition) is 3. The lowest BCUT2D eigenvalue weighted by Gasteiger charge is -2.28. The fourth-order valence-corrected chi connectivity index (χ4v) is 3.64. The number of benzene rings is 1. The third-order valence-corrected chi connectivity index (χ3v) is 5.31. The van der Waals surface area contributed by atoms with E-state index in [4.69, 9.17) is 0 Å². The van der Waals surface area contributed by atoms with Crippen molar-refractivity contribution in [1.82, 2.24) is 5.32 Å². The SMILES string of the molecule is CC(CC(=O)Nc1cc(F)ccc1SCC(F)F)C1CCCNC1. The molecule has 2 N–H and O–H groups in total. The Morgan fingerprint density at radius 3 is 2.92 bits per heavy atom. The van der Waals surface area contributed by atoms with Gasteiger partial charge in [-0.05, 0) is 56.0 Å². The van der Waals surface area contributed by atoms with Crippen molar-refractivity contribution in [1.29, 1.82) is 0 Å². The van der Waals surface area contributed by atoms with Crippen LogP contribution in [0.1, 0.15) is 26.2 Å². The second-order valence-corrected chi connectivity index (χ2v) is 7.24. The van der Waals surface area contributed by atoms with Gasteiger partial charge >= 0.3 is 0 Å². The van der Waals surface area contributed by atoms with Crippen molar-refractivity contribution in [2.24, 2.45) is 11.8 Å². The summed E-state index contributed by atoms with van der Waals surface area (Å²) < 4.78 is 38.2. The molecule has 1 fully saturated rings. The number of rotatable bonds is 7. The maximum absolute atomic E-state index is 13.4. The summed E-state index contributed by atoms with van der Waals surface area (Å²) in [5.41, 5.74) is 0.264. The number of nitrogens with one attached hydrogen (secondary N) is 2. The summed E-state index contributed by atoms with van der Waals surface area (Å²) in [5, 5.41) is 6.01. The highest BCUT2D eigenvalue weighted by molar-refractivity contribution is 7.99. The van der Waals surface area contributed by atoms with Crippen LogP contribution in [0.3, 0.4) is 0 Å². The highest BCUT2D eigenvalue weighted by atomic mass is 32.2. The van der Waals surface area contributed by atoms with Gasteiger partial charge in [0.2, 0.25) is 12.3 Å². The van der Waals surface area contributed by atoms with E-state index in [9.17, 15) is 18.0 Å². The van der Waals surface area contributed by atoms with Crippen molar-refractivity contribution >= 4 is 23.4 Å². The summed E-state index contributed by atoms with van der Waals surface area (Å²) in [5.74, 6) is -0.444. The van der Waals surface area contributed by atoms with Crippen LogP contribution in [0.4, 0.5) is 18.9 Å². The van der Waals surface area contributed by atoms with Gasteiger partial charge in [-0.3, -0.25) is 4.79 Å². The number of piperidine rings is 1. The van der Waals surface area contributed by atoms with E-state index < -0.39 is 18.0 Å². The Hall–Kier alpha value is -1.21. The van der Waals surface area contributed by atoms with Gasteiger partial charge in [0.1, 0.15) is 5.82 Å². The van der Waals surface area contributed by atoms with Gasteiger partial charge in [-0.2, -0.15) is 0 Å². The lowest BCUT2D eigenvalue weighted by atomic mass is 9.85.